The molecule has 0 spiro atoms. The minimum atomic E-state index is -0.0928. The van der Waals surface area contributed by atoms with E-state index in [4.69, 9.17) is 9.47 Å². The second kappa shape index (κ2) is 9.31. The number of nitrogens with one attached hydrogen (secondary N) is 1. The van der Waals surface area contributed by atoms with Crippen LogP contribution in [0.25, 0.3) is 0 Å². The fourth-order valence-electron chi connectivity index (χ4n) is 3.81. The summed E-state index contributed by atoms with van der Waals surface area (Å²) < 4.78 is 10.9. The highest BCUT2D eigenvalue weighted by molar-refractivity contribution is 5.94. The third-order valence-corrected chi connectivity index (χ3v) is 5.56. The number of morpholine rings is 1. The molecular weight excluding hydrogens is 364 g/mol. The average Bonchev–Trinajstić information content (AvgIpc) is 2.73. The summed E-state index contributed by atoms with van der Waals surface area (Å²) in [6.45, 7) is 11.7. The fourth-order valence-corrected chi connectivity index (χ4v) is 3.81. The average molecular weight is 397 g/mol. The Bertz CT molecular complexity index is 840. The quantitative estimate of drug-likeness (QED) is 0.784. The zero-order valence-corrected chi connectivity index (χ0v) is 18.1. The molecule has 1 amide bonds. The van der Waals surface area contributed by atoms with E-state index in [-0.39, 0.29) is 11.9 Å². The number of carbonyl (C=O) groups excluding carboxylic acids is 1. The van der Waals surface area contributed by atoms with Gasteiger partial charge in [-0.1, -0.05) is 13.8 Å². The van der Waals surface area contributed by atoms with Crippen LogP contribution in [0.1, 0.15) is 59.8 Å². The Morgan fingerprint density at radius 2 is 1.72 bits per heavy atom. The number of benzene rings is 2. The molecule has 2 aromatic carbocycles. The monoisotopic (exact) mass is 396 g/mol. The van der Waals surface area contributed by atoms with Gasteiger partial charge in [-0.2, -0.15) is 0 Å². The van der Waals surface area contributed by atoms with E-state index in [1.54, 1.807) is 7.11 Å². The minimum Gasteiger partial charge on any atom is -0.496 e. The molecule has 1 fully saturated rings. The maximum Gasteiger partial charge on any atom is 0.251 e. The number of rotatable bonds is 6. The lowest BCUT2D eigenvalue weighted by Gasteiger charge is -2.28. The zero-order chi connectivity index (χ0) is 21.0. The predicted molar refractivity (Wildman–Crippen MR) is 117 cm³/mol. The number of anilines is 1. The summed E-state index contributed by atoms with van der Waals surface area (Å²) in [6.07, 6.45) is 0. The van der Waals surface area contributed by atoms with Crippen LogP contribution in [0, 0.1) is 6.92 Å². The van der Waals surface area contributed by atoms with Gasteiger partial charge in [0.1, 0.15) is 5.75 Å². The van der Waals surface area contributed by atoms with E-state index in [0.717, 1.165) is 54.4 Å². The van der Waals surface area contributed by atoms with Gasteiger partial charge in [-0.25, -0.2) is 0 Å². The van der Waals surface area contributed by atoms with Gasteiger partial charge in [-0.05, 0) is 72.9 Å². The molecule has 1 aliphatic heterocycles. The lowest BCUT2D eigenvalue weighted by molar-refractivity contribution is 0.0939. The smallest absolute Gasteiger partial charge is 0.251 e. The van der Waals surface area contributed by atoms with Crippen molar-refractivity contribution in [3.63, 3.8) is 0 Å². The lowest BCUT2D eigenvalue weighted by atomic mass is 9.93. The van der Waals surface area contributed by atoms with Crippen LogP contribution in [0.5, 0.6) is 5.75 Å². The van der Waals surface area contributed by atoms with Crippen LogP contribution in [-0.4, -0.2) is 39.3 Å². The van der Waals surface area contributed by atoms with E-state index in [1.165, 1.54) is 0 Å². The van der Waals surface area contributed by atoms with E-state index in [2.05, 4.69) is 43.1 Å². The summed E-state index contributed by atoms with van der Waals surface area (Å²) >= 11 is 0. The molecule has 29 heavy (non-hydrogen) atoms. The van der Waals surface area contributed by atoms with Crippen LogP contribution >= 0.6 is 0 Å². The molecule has 1 unspecified atom stereocenters. The highest BCUT2D eigenvalue weighted by Crippen LogP contribution is 2.32. The number of carbonyl (C=O) groups is 1. The van der Waals surface area contributed by atoms with Gasteiger partial charge in [0, 0.05) is 24.3 Å². The molecule has 0 bridgehead atoms. The van der Waals surface area contributed by atoms with E-state index in [9.17, 15) is 4.79 Å². The van der Waals surface area contributed by atoms with Crippen LogP contribution in [0.15, 0.2) is 36.4 Å². The summed E-state index contributed by atoms with van der Waals surface area (Å²) in [4.78, 5) is 15.1. The molecule has 5 heteroatoms. The number of amides is 1. The van der Waals surface area contributed by atoms with Crippen LogP contribution in [0.2, 0.25) is 0 Å². The number of hydrogen-bond donors (Lipinski definition) is 1. The Labute approximate surface area is 174 Å². The summed E-state index contributed by atoms with van der Waals surface area (Å²) in [7, 11) is 1.70. The van der Waals surface area contributed by atoms with Crippen molar-refractivity contribution in [2.45, 2.75) is 39.7 Å². The van der Waals surface area contributed by atoms with Crippen molar-refractivity contribution in [3.8, 4) is 5.75 Å². The third-order valence-electron chi connectivity index (χ3n) is 5.56. The second-order valence-electron chi connectivity index (χ2n) is 7.95. The molecule has 3 rings (SSSR count). The van der Waals surface area contributed by atoms with E-state index in [0.29, 0.717) is 11.5 Å². The van der Waals surface area contributed by atoms with Gasteiger partial charge in [-0.15, -0.1) is 0 Å². The van der Waals surface area contributed by atoms with E-state index < -0.39 is 0 Å². The number of hydrogen-bond acceptors (Lipinski definition) is 4. The van der Waals surface area contributed by atoms with Gasteiger partial charge in [-0.3, -0.25) is 4.79 Å². The first-order valence-corrected chi connectivity index (χ1v) is 10.3. The molecular formula is C24H32N2O3. The molecule has 1 saturated heterocycles. The number of methoxy groups -OCH3 is 1. The standard InChI is InChI=1S/C24H32N2O3/c1-16(2)21-15-22(17(3)14-23(21)28-5)18(4)25-24(27)19-6-8-20(9-7-19)26-10-12-29-13-11-26/h6-9,14-16,18H,10-13H2,1-5H3,(H,25,27). The first kappa shape index (κ1) is 21.2. The molecule has 156 valence electrons. The third kappa shape index (κ3) is 4.91. The molecule has 5 nitrogen and oxygen atoms in total. The molecule has 1 N–H and O–H groups in total. The Morgan fingerprint density at radius 1 is 1.07 bits per heavy atom. The summed E-state index contributed by atoms with van der Waals surface area (Å²) in [5, 5.41) is 3.14. The van der Waals surface area contributed by atoms with Crippen molar-refractivity contribution in [1.29, 1.82) is 0 Å². The zero-order valence-electron chi connectivity index (χ0n) is 18.1. The van der Waals surface area contributed by atoms with Crippen LogP contribution in [-0.2, 0) is 4.74 Å². The molecule has 0 aliphatic carbocycles. The number of aryl methyl sites for hydroxylation is 1. The molecule has 0 aromatic heterocycles. The van der Waals surface area contributed by atoms with Gasteiger partial charge in [0.2, 0.25) is 0 Å². The fraction of sp³-hybridized carbons (Fsp3) is 0.458. The van der Waals surface area contributed by atoms with Gasteiger partial charge < -0.3 is 19.7 Å². The highest BCUT2D eigenvalue weighted by atomic mass is 16.5. The molecule has 0 saturated carbocycles. The van der Waals surface area contributed by atoms with Crippen molar-refractivity contribution in [3.05, 3.63) is 58.7 Å². The Kier molecular flexibility index (Phi) is 6.80. The molecule has 0 radical (unpaired) electrons. The van der Waals surface area contributed by atoms with Gasteiger partial charge in [0.15, 0.2) is 0 Å². The SMILES string of the molecule is COc1cc(C)c(C(C)NC(=O)c2ccc(N3CCOCC3)cc2)cc1C(C)C. The molecule has 1 aliphatic rings. The summed E-state index contributed by atoms with van der Waals surface area (Å²) in [5.74, 6) is 1.19. The van der Waals surface area contributed by atoms with Gasteiger partial charge in [0.05, 0.1) is 26.4 Å². The maximum atomic E-state index is 12.8. The Balaban J connectivity index is 1.72. The van der Waals surface area contributed by atoms with Crippen LogP contribution in [0.4, 0.5) is 5.69 Å². The van der Waals surface area contributed by atoms with E-state index in [1.807, 2.05) is 31.2 Å². The van der Waals surface area contributed by atoms with Crippen molar-refractivity contribution in [2.24, 2.45) is 0 Å². The Hall–Kier alpha value is -2.53. The lowest BCUT2D eigenvalue weighted by Crippen LogP contribution is -2.36. The van der Waals surface area contributed by atoms with Crippen molar-refractivity contribution >= 4 is 11.6 Å². The summed E-state index contributed by atoms with van der Waals surface area (Å²) in [5.41, 5.74) is 5.19. The minimum absolute atomic E-state index is 0.0626. The first-order chi connectivity index (χ1) is 13.9. The van der Waals surface area contributed by atoms with Crippen LogP contribution < -0.4 is 15.0 Å². The first-order valence-electron chi connectivity index (χ1n) is 10.3. The summed E-state index contributed by atoms with van der Waals surface area (Å²) in [6, 6.07) is 11.9. The topological polar surface area (TPSA) is 50.8 Å². The normalized spacial score (nSPS) is 15.3. The van der Waals surface area contributed by atoms with Crippen LogP contribution in [0.3, 0.4) is 0 Å². The van der Waals surface area contributed by atoms with Crippen molar-refractivity contribution < 1.29 is 14.3 Å². The van der Waals surface area contributed by atoms with Gasteiger partial charge in [0.25, 0.3) is 5.91 Å². The molecule has 1 heterocycles. The maximum absolute atomic E-state index is 12.8. The number of ether oxygens (including phenoxy) is 2. The second-order valence-corrected chi connectivity index (χ2v) is 7.95. The number of nitrogens with zero attached hydrogens (tertiary/aromatic N) is 1. The molecule has 1 atom stereocenters. The largest absolute Gasteiger partial charge is 0.496 e. The molecule has 2 aromatic rings. The Morgan fingerprint density at radius 3 is 2.31 bits per heavy atom. The van der Waals surface area contributed by atoms with Gasteiger partial charge >= 0.3 is 0 Å². The van der Waals surface area contributed by atoms with Crippen molar-refractivity contribution in [1.82, 2.24) is 5.32 Å². The van der Waals surface area contributed by atoms with E-state index >= 15 is 0 Å². The predicted octanol–water partition coefficient (Wildman–Crippen LogP) is 4.45. The van der Waals surface area contributed by atoms with Crippen molar-refractivity contribution in [2.75, 3.05) is 38.3 Å². The highest BCUT2D eigenvalue weighted by Gasteiger charge is 2.18.